The zero-order valence-corrected chi connectivity index (χ0v) is 51.4. The Morgan fingerprint density at radius 1 is 0.200 bits per heavy atom. The van der Waals surface area contributed by atoms with Crippen molar-refractivity contribution < 1.29 is 0 Å². The van der Waals surface area contributed by atoms with Gasteiger partial charge in [0.15, 0.2) is 17.5 Å². The molecule has 0 N–H and O–H groups in total. The van der Waals surface area contributed by atoms with Gasteiger partial charge in [0, 0.05) is 90.5 Å². The minimum Gasteiger partial charge on any atom is -0.255 e. The van der Waals surface area contributed by atoms with Crippen LogP contribution in [0.3, 0.4) is 0 Å². The number of pyridine rings is 3. The molecule has 7 aromatic carbocycles. The lowest BCUT2D eigenvalue weighted by Gasteiger charge is -2.18. The van der Waals surface area contributed by atoms with E-state index < -0.39 is 0 Å². The summed E-state index contributed by atoms with van der Waals surface area (Å²) in [5, 5.41) is 0. The molecule has 0 aliphatic rings. The van der Waals surface area contributed by atoms with E-state index in [1.807, 2.05) is 55.0 Å². The largest absolute Gasteiger partial charge is 0.255 e. The Bertz CT molecular complexity index is 4130. The summed E-state index contributed by atoms with van der Waals surface area (Å²) in [5.74, 6) is 6.69. The second kappa shape index (κ2) is 26.2. The highest BCUT2D eigenvalue weighted by Gasteiger charge is 2.19. The summed E-state index contributed by atoms with van der Waals surface area (Å²) >= 11 is 0. The van der Waals surface area contributed by atoms with Gasteiger partial charge in [-0.1, -0.05) is 187 Å². The van der Waals surface area contributed by atoms with E-state index in [0.29, 0.717) is 17.5 Å². The minimum atomic E-state index is 0.655. The molecule has 0 unspecified atom stereocenters. The Hall–Kier alpha value is -11.0. The third kappa shape index (κ3) is 12.3. The fourth-order valence-corrected chi connectivity index (χ4v) is 11.3. The van der Waals surface area contributed by atoms with E-state index in [1.165, 1.54) is 0 Å². The molecule has 6 heterocycles. The third-order valence-corrected chi connectivity index (χ3v) is 16.3. The fourth-order valence-electron chi connectivity index (χ4n) is 11.3. The van der Waals surface area contributed by atoms with Crippen LogP contribution in [0.4, 0.5) is 0 Å². The monoisotopic (exact) mass is 1170 g/mol. The molecule has 0 bridgehead atoms. The predicted molar refractivity (Wildman–Crippen MR) is 361 cm³/mol. The van der Waals surface area contributed by atoms with Gasteiger partial charge in [-0.2, -0.15) is 0 Å². The Balaban J connectivity index is 0.856. The van der Waals surface area contributed by atoms with Crippen molar-refractivity contribution in [2.24, 2.45) is 0 Å². The zero-order chi connectivity index (χ0) is 61.5. The summed E-state index contributed by atoms with van der Waals surface area (Å²) in [7, 11) is 0. The van der Waals surface area contributed by atoms with Gasteiger partial charge in [0.25, 0.3) is 0 Å². The molecule has 0 amide bonds. The Morgan fingerprint density at radius 3 is 0.600 bits per heavy atom. The number of aromatic nitrogens is 12. The van der Waals surface area contributed by atoms with Crippen LogP contribution in [0, 0.1) is 0 Å². The topological polar surface area (TPSA) is 155 Å². The average Bonchev–Trinajstić information content (AvgIpc) is 0.976. The van der Waals surface area contributed by atoms with Crippen molar-refractivity contribution in [2.45, 2.75) is 80.1 Å². The molecule has 438 valence electrons. The average molecular weight is 1170 g/mol. The fraction of sp³-hybridized carbons (Fsp3) is 0.154. The van der Waals surface area contributed by atoms with Crippen molar-refractivity contribution in [3.8, 4) is 135 Å². The third-order valence-electron chi connectivity index (χ3n) is 16.3. The van der Waals surface area contributed by atoms with Crippen molar-refractivity contribution in [3.63, 3.8) is 0 Å². The van der Waals surface area contributed by atoms with Gasteiger partial charge in [-0.15, -0.1) is 0 Å². The SMILES string of the molecule is CCc1nc(CC)nc(-c2ccc(-c3ccc(-c4ccccc4-c4cc(-c5ccccc5-c5ccc(-c6ccc(-c7nc(CC)nc(CC)n7)cn6)cc5)cc(-c5ccccc5-c5ccc(-c6ccc(-c7nc(CC)nc(CC)n7)cn6)cc5)c4)cc3)nc2)n1. The number of benzene rings is 7. The van der Waals surface area contributed by atoms with Crippen molar-refractivity contribution >= 4 is 0 Å². The summed E-state index contributed by atoms with van der Waals surface area (Å²) in [5.41, 5.74) is 21.6. The van der Waals surface area contributed by atoms with Crippen LogP contribution in [0.2, 0.25) is 0 Å². The van der Waals surface area contributed by atoms with Crippen LogP contribution in [-0.2, 0) is 38.5 Å². The molecular weight excluding hydrogens is 1100 g/mol. The molecule has 0 aliphatic heterocycles. The first-order valence-electron chi connectivity index (χ1n) is 31.1. The van der Waals surface area contributed by atoms with E-state index in [2.05, 4.69) is 220 Å². The highest BCUT2D eigenvalue weighted by atomic mass is 15.0. The van der Waals surface area contributed by atoms with Gasteiger partial charge in [0.05, 0.1) is 17.1 Å². The van der Waals surface area contributed by atoms with E-state index in [1.54, 1.807) is 0 Å². The Kier molecular flexibility index (Phi) is 16.9. The first kappa shape index (κ1) is 58.1. The van der Waals surface area contributed by atoms with Crippen molar-refractivity contribution in [2.75, 3.05) is 0 Å². The zero-order valence-electron chi connectivity index (χ0n) is 51.4. The summed E-state index contributed by atoms with van der Waals surface area (Å²) in [6.07, 6.45) is 10.0. The van der Waals surface area contributed by atoms with E-state index in [4.69, 9.17) is 44.9 Å². The number of nitrogens with zero attached hydrogens (tertiary/aromatic N) is 12. The summed E-state index contributed by atoms with van der Waals surface area (Å²) in [6, 6.07) is 71.6. The maximum Gasteiger partial charge on any atom is 0.164 e. The lowest BCUT2D eigenvalue weighted by atomic mass is 9.86. The molecule has 6 aromatic heterocycles. The summed E-state index contributed by atoms with van der Waals surface area (Å²) < 4.78 is 0. The molecule has 13 rings (SSSR count). The van der Waals surface area contributed by atoms with Crippen LogP contribution in [-0.4, -0.2) is 59.8 Å². The second-order valence-electron chi connectivity index (χ2n) is 22.1. The normalized spacial score (nSPS) is 11.3. The van der Waals surface area contributed by atoms with E-state index >= 15 is 0 Å². The van der Waals surface area contributed by atoms with Crippen LogP contribution in [0.15, 0.2) is 219 Å². The van der Waals surface area contributed by atoms with Crippen molar-refractivity contribution in [1.82, 2.24) is 59.8 Å². The first-order valence-corrected chi connectivity index (χ1v) is 31.1. The number of rotatable bonds is 18. The minimum absolute atomic E-state index is 0.655. The second-order valence-corrected chi connectivity index (χ2v) is 22.1. The molecule has 0 saturated heterocycles. The first-order chi connectivity index (χ1) is 44.2. The van der Waals surface area contributed by atoms with Gasteiger partial charge in [0.1, 0.15) is 34.9 Å². The maximum absolute atomic E-state index is 4.90. The van der Waals surface area contributed by atoms with Crippen LogP contribution >= 0.6 is 0 Å². The van der Waals surface area contributed by atoms with Crippen LogP contribution in [0.1, 0.15) is 76.5 Å². The van der Waals surface area contributed by atoms with E-state index in [0.717, 1.165) is 191 Å². The summed E-state index contributed by atoms with van der Waals surface area (Å²) in [6.45, 7) is 12.4. The Morgan fingerprint density at radius 2 is 0.400 bits per heavy atom. The number of hydrogen-bond acceptors (Lipinski definition) is 12. The molecule has 0 saturated carbocycles. The van der Waals surface area contributed by atoms with Gasteiger partial charge < -0.3 is 0 Å². The lowest BCUT2D eigenvalue weighted by Crippen LogP contribution is -2.04. The van der Waals surface area contributed by atoms with Crippen LogP contribution < -0.4 is 0 Å². The molecule has 0 atom stereocenters. The highest BCUT2D eigenvalue weighted by molar-refractivity contribution is 5.94. The highest BCUT2D eigenvalue weighted by Crippen LogP contribution is 2.43. The van der Waals surface area contributed by atoms with Crippen LogP contribution in [0.25, 0.3) is 135 Å². The van der Waals surface area contributed by atoms with Crippen LogP contribution in [0.5, 0.6) is 0 Å². The van der Waals surface area contributed by atoms with Gasteiger partial charge in [-0.05, 0) is 121 Å². The van der Waals surface area contributed by atoms with Gasteiger partial charge in [0.2, 0.25) is 0 Å². The maximum atomic E-state index is 4.90. The molecule has 90 heavy (non-hydrogen) atoms. The standard InChI is InChI=1S/C78H66N12/c1-7-70-82-71(8-2)86-76(85-70)55-37-40-67(79-46-55)52-31-25-49(26-32-52)61-19-13-16-22-64(61)58-43-59(65-23-17-14-20-62(65)50-27-33-53(34-28-50)68-41-38-56(47-80-68)77-87-72(9-3)83-73(10-4)88-77)45-60(44-58)66-24-18-15-21-63(66)51-29-35-54(36-30-51)69-42-39-57(48-81-69)78-89-74(11-5)84-75(12-6)90-78/h13-48H,7-12H2,1-6H3. The van der Waals surface area contributed by atoms with Gasteiger partial charge in [-0.3, -0.25) is 15.0 Å². The van der Waals surface area contributed by atoms with E-state index in [-0.39, 0.29) is 0 Å². The molecule has 0 aliphatic carbocycles. The van der Waals surface area contributed by atoms with Gasteiger partial charge >= 0.3 is 0 Å². The molecule has 12 nitrogen and oxygen atoms in total. The predicted octanol–water partition coefficient (Wildman–Crippen LogP) is 17.8. The van der Waals surface area contributed by atoms with Gasteiger partial charge in [-0.25, -0.2) is 44.9 Å². The van der Waals surface area contributed by atoms with Crippen molar-refractivity contribution in [3.05, 3.63) is 254 Å². The number of hydrogen-bond donors (Lipinski definition) is 0. The molecule has 0 radical (unpaired) electrons. The number of aryl methyl sites for hydroxylation is 6. The molecule has 0 spiro atoms. The molecule has 13 aromatic rings. The molecule has 0 fully saturated rings. The summed E-state index contributed by atoms with van der Waals surface area (Å²) in [4.78, 5) is 56.7. The lowest BCUT2D eigenvalue weighted by molar-refractivity contribution is 0.831. The Labute approximate surface area is 525 Å². The molecule has 12 heteroatoms. The smallest absolute Gasteiger partial charge is 0.164 e. The molecular formula is C78H66N12. The van der Waals surface area contributed by atoms with E-state index in [9.17, 15) is 0 Å². The van der Waals surface area contributed by atoms with Crippen molar-refractivity contribution in [1.29, 1.82) is 0 Å². The quantitative estimate of drug-likeness (QED) is 0.0803.